The average Bonchev–Trinajstić information content (AvgIpc) is 2.99. The van der Waals surface area contributed by atoms with Crippen LogP contribution in [0.3, 0.4) is 0 Å². The highest BCUT2D eigenvalue weighted by atomic mass is 16.7. The molecule has 2 fully saturated rings. The lowest BCUT2D eigenvalue weighted by molar-refractivity contribution is -0.288. The average molecular weight is 626 g/mol. The number of esters is 1. The van der Waals surface area contributed by atoms with Gasteiger partial charge in [-0.25, -0.2) is 0 Å². The van der Waals surface area contributed by atoms with Crippen molar-refractivity contribution in [1.82, 2.24) is 4.90 Å². The molecule has 10 heteroatoms. The molecule has 0 aliphatic carbocycles. The molecule has 0 saturated carbocycles. The second-order valence-corrected chi connectivity index (χ2v) is 13.9. The SMILES string of the molecule is C#CCCN(C)[C@H]1C[C@@H](C)OC(O[C@@H]2[C@H](C)[C@H](O)[C@@H](C)C(=O)O[C@H](CC)[C@@](C)(O)C(O)[C@@H](C)C(=O)[C@H](C)C[C@@]2(C)OC)[C@@H]1C. The number of cyclic esters (lactones) is 1. The van der Waals surface area contributed by atoms with Gasteiger partial charge in [0.25, 0.3) is 0 Å². The maximum absolute atomic E-state index is 13.7. The summed E-state index contributed by atoms with van der Waals surface area (Å²) in [4.78, 5) is 29.3. The third-order valence-corrected chi connectivity index (χ3v) is 10.4. The molecule has 3 N–H and O–H groups in total. The molecule has 0 bridgehead atoms. The van der Waals surface area contributed by atoms with Crippen molar-refractivity contribution in [2.45, 2.75) is 142 Å². The fourth-order valence-electron chi connectivity index (χ4n) is 7.22. The number of carbonyl (C=O) groups excluding carboxylic acids is 2. The number of ether oxygens (including phenoxy) is 4. The number of methoxy groups -OCH3 is 1. The van der Waals surface area contributed by atoms with Crippen molar-refractivity contribution in [2.75, 3.05) is 20.7 Å². The van der Waals surface area contributed by atoms with Crippen LogP contribution in [0.5, 0.6) is 0 Å². The Hall–Kier alpha value is -1.58. The van der Waals surface area contributed by atoms with Crippen LogP contribution in [-0.4, -0.2) is 107 Å². The van der Waals surface area contributed by atoms with Gasteiger partial charge >= 0.3 is 5.97 Å². The van der Waals surface area contributed by atoms with Gasteiger partial charge in [-0.2, -0.15) is 0 Å². The largest absolute Gasteiger partial charge is 0.459 e. The second-order valence-electron chi connectivity index (χ2n) is 13.9. The zero-order valence-electron chi connectivity index (χ0n) is 28.8. The van der Waals surface area contributed by atoms with Crippen molar-refractivity contribution in [3.8, 4) is 12.3 Å². The molecule has 2 aliphatic heterocycles. The monoisotopic (exact) mass is 625 g/mol. The molecule has 10 nitrogen and oxygen atoms in total. The van der Waals surface area contributed by atoms with Crippen molar-refractivity contribution in [1.29, 1.82) is 0 Å². The summed E-state index contributed by atoms with van der Waals surface area (Å²) in [7, 11) is 3.57. The molecule has 0 aromatic heterocycles. The van der Waals surface area contributed by atoms with Crippen LogP contribution in [0.4, 0.5) is 0 Å². The molecule has 254 valence electrons. The molecule has 2 heterocycles. The van der Waals surface area contributed by atoms with Gasteiger partial charge in [-0.3, -0.25) is 9.59 Å². The highest BCUT2D eigenvalue weighted by molar-refractivity contribution is 5.83. The molecule has 0 radical (unpaired) electrons. The number of hydrogen-bond donors (Lipinski definition) is 3. The van der Waals surface area contributed by atoms with Gasteiger partial charge in [-0.1, -0.05) is 34.6 Å². The van der Waals surface area contributed by atoms with Crippen molar-refractivity contribution in [3.05, 3.63) is 0 Å². The third kappa shape index (κ3) is 8.41. The van der Waals surface area contributed by atoms with Gasteiger partial charge in [-0.15, -0.1) is 12.3 Å². The van der Waals surface area contributed by atoms with Gasteiger partial charge in [-0.05, 0) is 54.0 Å². The maximum Gasteiger partial charge on any atom is 0.311 e. The number of aliphatic hydroxyl groups is 3. The third-order valence-electron chi connectivity index (χ3n) is 10.4. The summed E-state index contributed by atoms with van der Waals surface area (Å²) in [5.74, 6) is -1.60. The van der Waals surface area contributed by atoms with Crippen LogP contribution in [0.1, 0.15) is 88.0 Å². The van der Waals surface area contributed by atoms with Crippen LogP contribution < -0.4 is 0 Å². The number of Topliss-reactive ketones (excluding diaryl/α,β-unsaturated/α-hetero) is 1. The van der Waals surface area contributed by atoms with Crippen LogP contribution in [0.15, 0.2) is 0 Å². The van der Waals surface area contributed by atoms with Gasteiger partial charge in [0, 0.05) is 49.8 Å². The normalized spacial score (nSPS) is 45.0. The molecule has 2 unspecified atom stereocenters. The number of ketones is 1. The summed E-state index contributed by atoms with van der Waals surface area (Å²) in [5, 5.41) is 34.1. The van der Waals surface area contributed by atoms with Crippen LogP contribution in [0.2, 0.25) is 0 Å². The Labute approximate surface area is 265 Å². The predicted molar refractivity (Wildman–Crippen MR) is 167 cm³/mol. The number of aliphatic hydroxyl groups excluding tert-OH is 2. The maximum atomic E-state index is 13.7. The molecule has 0 aromatic rings. The van der Waals surface area contributed by atoms with Crippen LogP contribution in [-0.2, 0) is 28.5 Å². The Kier molecular flexibility index (Phi) is 13.9. The Bertz CT molecular complexity index is 998. The van der Waals surface area contributed by atoms with E-state index in [9.17, 15) is 24.9 Å². The molecule has 2 saturated heterocycles. The molecule has 44 heavy (non-hydrogen) atoms. The Morgan fingerprint density at radius 3 is 2.23 bits per heavy atom. The van der Waals surface area contributed by atoms with Crippen LogP contribution in [0.25, 0.3) is 0 Å². The first-order chi connectivity index (χ1) is 20.4. The van der Waals surface area contributed by atoms with Crippen molar-refractivity contribution >= 4 is 11.8 Å². The van der Waals surface area contributed by atoms with E-state index in [4.69, 9.17) is 25.4 Å². The summed E-state index contributed by atoms with van der Waals surface area (Å²) in [6.45, 7) is 16.4. The van der Waals surface area contributed by atoms with Crippen molar-refractivity contribution < 1.29 is 43.9 Å². The zero-order valence-corrected chi connectivity index (χ0v) is 28.8. The zero-order chi connectivity index (χ0) is 33.7. The van der Waals surface area contributed by atoms with E-state index in [2.05, 4.69) is 17.7 Å². The van der Waals surface area contributed by atoms with Crippen molar-refractivity contribution in [3.63, 3.8) is 0 Å². The smallest absolute Gasteiger partial charge is 0.311 e. The minimum Gasteiger partial charge on any atom is -0.459 e. The molecular formula is C34H59NO9. The second kappa shape index (κ2) is 15.8. The van der Waals surface area contributed by atoms with Gasteiger partial charge < -0.3 is 39.2 Å². The fourth-order valence-corrected chi connectivity index (χ4v) is 7.22. The number of carbonyl (C=O) groups is 2. The van der Waals surface area contributed by atoms with Crippen LogP contribution >= 0.6 is 0 Å². The first-order valence-corrected chi connectivity index (χ1v) is 16.2. The molecule has 0 spiro atoms. The van der Waals surface area contributed by atoms with E-state index in [1.165, 1.54) is 14.0 Å². The summed E-state index contributed by atoms with van der Waals surface area (Å²) in [5.41, 5.74) is -3.01. The van der Waals surface area contributed by atoms with E-state index >= 15 is 0 Å². The van der Waals surface area contributed by atoms with Gasteiger partial charge in [0.15, 0.2) is 6.29 Å². The van der Waals surface area contributed by atoms with E-state index in [1.807, 2.05) is 20.9 Å². The summed E-state index contributed by atoms with van der Waals surface area (Å²) in [6, 6.07) is 0.125. The molecule has 14 atom stereocenters. The molecule has 2 rings (SSSR count). The Balaban J connectivity index is 2.58. The summed E-state index contributed by atoms with van der Waals surface area (Å²) >= 11 is 0. The molecule has 0 aromatic carbocycles. The lowest BCUT2D eigenvalue weighted by atomic mass is 9.74. The highest BCUT2D eigenvalue weighted by Crippen LogP contribution is 2.40. The van der Waals surface area contributed by atoms with E-state index in [0.717, 1.165) is 13.0 Å². The number of nitrogens with zero attached hydrogens (tertiary/aromatic N) is 1. The molecule has 2 aliphatic rings. The lowest BCUT2D eigenvalue weighted by Gasteiger charge is -2.49. The summed E-state index contributed by atoms with van der Waals surface area (Å²) in [6.07, 6.45) is 1.92. The van der Waals surface area contributed by atoms with E-state index in [0.29, 0.717) is 6.42 Å². The topological polar surface area (TPSA) is 135 Å². The number of rotatable bonds is 7. The van der Waals surface area contributed by atoms with Gasteiger partial charge in [0.1, 0.15) is 17.5 Å². The van der Waals surface area contributed by atoms with Gasteiger partial charge in [0.2, 0.25) is 0 Å². The number of hydrogen-bond acceptors (Lipinski definition) is 10. The summed E-state index contributed by atoms with van der Waals surface area (Å²) < 4.78 is 25.0. The Morgan fingerprint density at radius 2 is 1.68 bits per heavy atom. The van der Waals surface area contributed by atoms with Gasteiger partial charge in [0.05, 0.1) is 35.9 Å². The predicted octanol–water partition coefficient (Wildman–Crippen LogP) is 3.18. The quantitative estimate of drug-likeness (QED) is 0.286. The first-order valence-electron chi connectivity index (χ1n) is 16.2. The van der Waals surface area contributed by atoms with Crippen LogP contribution in [0, 0.1) is 41.9 Å². The minimum atomic E-state index is -1.90. The first kappa shape index (κ1) is 38.6. The molecule has 0 amide bonds. The minimum absolute atomic E-state index is 0.0725. The van der Waals surface area contributed by atoms with E-state index in [1.54, 1.807) is 34.6 Å². The highest BCUT2D eigenvalue weighted by Gasteiger charge is 2.51. The molecular weight excluding hydrogens is 566 g/mol. The number of terminal acetylenes is 1. The van der Waals surface area contributed by atoms with E-state index in [-0.39, 0.29) is 36.7 Å². The lowest BCUT2D eigenvalue weighted by Crippen LogP contribution is -2.59. The van der Waals surface area contributed by atoms with E-state index < -0.39 is 71.5 Å². The van der Waals surface area contributed by atoms with Crippen molar-refractivity contribution in [2.24, 2.45) is 29.6 Å². The Morgan fingerprint density at radius 1 is 1.07 bits per heavy atom. The fraction of sp³-hybridized carbons (Fsp3) is 0.882. The standard InChI is InChI=1S/C34H59NO9/c1-13-15-16-35(11)25-17-20(4)42-32(21(25)5)44-30-23(7)28(37)24(8)31(39)43-26(14-2)34(10,40)29(38)22(6)27(36)19(3)18-33(30,9)41-12/h1,19-26,28-30,32,37-38,40H,14-18H2,2-12H3/t19-,20-,21-,22+,23-,24-,25+,26-,28+,29?,30-,32?,33-,34-/m1/s1.